The highest BCUT2D eigenvalue weighted by molar-refractivity contribution is 5.94. The Morgan fingerprint density at radius 1 is 0.812 bits per heavy atom. The summed E-state index contributed by atoms with van der Waals surface area (Å²) in [6.07, 6.45) is -0.647. The van der Waals surface area contributed by atoms with Crippen molar-refractivity contribution in [1.29, 1.82) is 0 Å². The molecule has 0 saturated carbocycles. The van der Waals surface area contributed by atoms with Crippen LogP contribution in [0.15, 0.2) is 78.9 Å². The molecule has 32 heavy (non-hydrogen) atoms. The summed E-state index contributed by atoms with van der Waals surface area (Å²) >= 11 is 0. The first-order valence-electron chi connectivity index (χ1n) is 10.2. The number of hydrogen-bond acceptors (Lipinski definition) is 6. The Balaban J connectivity index is 1.55. The number of ether oxygens (including phenoxy) is 4. The molecule has 0 fully saturated rings. The SMILES string of the molecule is C=C(C)C(=O)OCCNC(=O)Oc1ccc(OCCOc2ccccc2)c2ccccc12. The second-order valence-electron chi connectivity index (χ2n) is 6.85. The number of rotatable bonds is 10. The first kappa shape index (κ1) is 22.7. The predicted molar refractivity (Wildman–Crippen MR) is 121 cm³/mol. The van der Waals surface area contributed by atoms with Gasteiger partial charge in [0.1, 0.15) is 37.1 Å². The molecule has 0 saturated heterocycles. The van der Waals surface area contributed by atoms with Gasteiger partial charge >= 0.3 is 12.1 Å². The molecular formula is C25H25NO6. The van der Waals surface area contributed by atoms with Crippen molar-refractivity contribution < 1.29 is 28.5 Å². The van der Waals surface area contributed by atoms with E-state index in [0.717, 1.165) is 16.5 Å². The smallest absolute Gasteiger partial charge is 0.412 e. The highest BCUT2D eigenvalue weighted by Crippen LogP contribution is 2.33. The largest absolute Gasteiger partial charge is 0.490 e. The molecule has 0 heterocycles. The van der Waals surface area contributed by atoms with Crippen molar-refractivity contribution >= 4 is 22.8 Å². The topological polar surface area (TPSA) is 83.1 Å². The molecule has 0 radical (unpaired) electrons. The number of esters is 1. The Kier molecular flexibility index (Phi) is 8.09. The molecule has 1 amide bonds. The Morgan fingerprint density at radius 2 is 1.44 bits per heavy atom. The van der Waals surface area contributed by atoms with Crippen LogP contribution >= 0.6 is 0 Å². The Hall–Kier alpha value is -4.00. The van der Waals surface area contributed by atoms with Gasteiger partial charge in [0.05, 0.1) is 6.54 Å². The number of benzene rings is 3. The summed E-state index contributed by atoms with van der Waals surface area (Å²) < 4.78 is 21.9. The van der Waals surface area contributed by atoms with E-state index in [1.807, 2.05) is 54.6 Å². The van der Waals surface area contributed by atoms with E-state index in [4.69, 9.17) is 18.9 Å². The molecule has 166 valence electrons. The van der Waals surface area contributed by atoms with Gasteiger partial charge in [-0.1, -0.05) is 49.0 Å². The summed E-state index contributed by atoms with van der Waals surface area (Å²) in [5, 5.41) is 4.09. The van der Waals surface area contributed by atoms with E-state index in [1.165, 1.54) is 0 Å². The van der Waals surface area contributed by atoms with Crippen molar-refractivity contribution in [2.24, 2.45) is 0 Å². The van der Waals surface area contributed by atoms with Crippen LogP contribution in [0.4, 0.5) is 4.79 Å². The van der Waals surface area contributed by atoms with Crippen molar-refractivity contribution in [3.05, 3.63) is 78.9 Å². The number of para-hydroxylation sites is 1. The van der Waals surface area contributed by atoms with Crippen LogP contribution < -0.4 is 19.5 Å². The quantitative estimate of drug-likeness (QED) is 0.287. The van der Waals surface area contributed by atoms with Gasteiger partial charge in [-0.05, 0) is 31.2 Å². The lowest BCUT2D eigenvalue weighted by molar-refractivity contribution is -0.138. The summed E-state index contributed by atoms with van der Waals surface area (Å²) in [5.74, 6) is 1.34. The average molecular weight is 435 g/mol. The van der Waals surface area contributed by atoms with Crippen LogP contribution in [0.25, 0.3) is 10.8 Å². The monoisotopic (exact) mass is 435 g/mol. The van der Waals surface area contributed by atoms with Gasteiger partial charge in [0, 0.05) is 16.3 Å². The Bertz CT molecular complexity index is 1080. The highest BCUT2D eigenvalue weighted by atomic mass is 16.6. The molecule has 0 aliphatic heterocycles. The predicted octanol–water partition coefficient (Wildman–Crippen LogP) is 4.51. The first-order chi connectivity index (χ1) is 15.5. The normalized spacial score (nSPS) is 10.3. The van der Waals surface area contributed by atoms with E-state index in [9.17, 15) is 9.59 Å². The zero-order chi connectivity index (χ0) is 22.8. The molecule has 0 aromatic heterocycles. The molecule has 3 rings (SSSR count). The average Bonchev–Trinajstić information content (AvgIpc) is 2.81. The maximum Gasteiger partial charge on any atom is 0.412 e. The van der Waals surface area contributed by atoms with Crippen LogP contribution in [0, 0.1) is 0 Å². The number of amides is 1. The molecule has 3 aromatic rings. The summed E-state index contributed by atoms with van der Waals surface area (Å²) in [6.45, 7) is 5.96. The van der Waals surface area contributed by atoms with Crippen molar-refractivity contribution in [3.63, 3.8) is 0 Å². The second-order valence-corrected chi connectivity index (χ2v) is 6.85. The molecular weight excluding hydrogens is 410 g/mol. The standard InChI is InChI=1S/C25H25NO6/c1-18(2)24(27)31-15-14-26-25(28)32-23-13-12-22(20-10-6-7-11-21(20)23)30-17-16-29-19-8-4-3-5-9-19/h3-13H,1,14-17H2,2H3,(H,26,28). The van der Waals surface area contributed by atoms with Gasteiger partial charge in [0.25, 0.3) is 0 Å². The fourth-order valence-corrected chi connectivity index (χ4v) is 2.84. The minimum absolute atomic E-state index is 0.0272. The van der Waals surface area contributed by atoms with Crippen molar-refractivity contribution in [2.45, 2.75) is 6.92 Å². The summed E-state index contributed by atoms with van der Waals surface area (Å²) in [7, 11) is 0. The number of carbonyl (C=O) groups is 2. The molecule has 7 nitrogen and oxygen atoms in total. The minimum Gasteiger partial charge on any atom is -0.490 e. The Labute approximate surface area is 186 Å². The number of carbonyl (C=O) groups excluding carboxylic acids is 2. The van der Waals surface area contributed by atoms with Crippen LogP contribution in [0.2, 0.25) is 0 Å². The highest BCUT2D eigenvalue weighted by Gasteiger charge is 2.12. The first-order valence-corrected chi connectivity index (χ1v) is 10.2. The summed E-state index contributed by atoms with van der Waals surface area (Å²) in [5.41, 5.74) is 0.299. The molecule has 0 spiro atoms. The Morgan fingerprint density at radius 3 is 2.16 bits per heavy atom. The third-order valence-electron chi connectivity index (χ3n) is 4.35. The summed E-state index contributed by atoms with van der Waals surface area (Å²) in [6, 6.07) is 20.4. The lowest BCUT2D eigenvalue weighted by atomic mass is 10.1. The third-order valence-corrected chi connectivity index (χ3v) is 4.35. The molecule has 0 aliphatic carbocycles. The maximum atomic E-state index is 12.1. The molecule has 1 N–H and O–H groups in total. The molecule has 0 bridgehead atoms. The van der Waals surface area contributed by atoms with Gasteiger partial charge in [0.15, 0.2) is 0 Å². The van der Waals surface area contributed by atoms with Gasteiger partial charge < -0.3 is 24.3 Å². The van der Waals surface area contributed by atoms with Gasteiger partial charge in [-0.2, -0.15) is 0 Å². The van der Waals surface area contributed by atoms with Crippen LogP contribution in [-0.4, -0.2) is 38.4 Å². The van der Waals surface area contributed by atoms with E-state index in [-0.39, 0.29) is 13.2 Å². The fourth-order valence-electron chi connectivity index (χ4n) is 2.84. The van der Waals surface area contributed by atoms with E-state index >= 15 is 0 Å². The van der Waals surface area contributed by atoms with Gasteiger partial charge in [-0.25, -0.2) is 9.59 Å². The second kappa shape index (κ2) is 11.4. The minimum atomic E-state index is -0.647. The fraction of sp³-hybridized carbons (Fsp3) is 0.200. The van der Waals surface area contributed by atoms with E-state index in [2.05, 4.69) is 11.9 Å². The van der Waals surface area contributed by atoms with E-state index in [0.29, 0.717) is 30.3 Å². The molecule has 0 atom stereocenters. The molecule has 0 aliphatic rings. The molecule has 3 aromatic carbocycles. The van der Waals surface area contributed by atoms with Gasteiger partial charge in [-0.15, -0.1) is 0 Å². The zero-order valence-corrected chi connectivity index (χ0v) is 17.8. The lowest BCUT2D eigenvalue weighted by Gasteiger charge is -2.13. The van der Waals surface area contributed by atoms with Gasteiger partial charge in [-0.3, -0.25) is 0 Å². The molecule has 0 unspecified atom stereocenters. The van der Waals surface area contributed by atoms with Crippen molar-refractivity contribution in [2.75, 3.05) is 26.4 Å². The van der Waals surface area contributed by atoms with Gasteiger partial charge in [0.2, 0.25) is 0 Å². The number of nitrogens with one attached hydrogen (secondary N) is 1. The summed E-state index contributed by atoms with van der Waals surface area (Å²) in [4.78, 5) is 23.5. The van der Waals surface area contributed by atoms with E-state index in [1.54, 1.807) is 19.1 Å². The van der Waals surface area contributed by atoms with E-state index < -0.39 is 12.1 Å². The van der Waals surface area contributed by atoms with Crippen LogP contribution in [-0.2, 0) is 9.53 Å². The maximum absolute atomic E-state index is 12.1. The van der Waals surface area contributed by atoms with Crippen LogP contribution in [0.5, 0.6) is 17.2 Å². The molecule has 7 heteroatoms. The van der Waals surface area contributed by atoms with Crippen molar-refractivity contribution in [3.8, 4) is 17.2 Å². The number of hydrogen-bond donors (Lipinski definition) is 1. The number of fused-ring (bicyclic) bond motifs is 1. The van der Waals surface area contributed by atoms with Crippen LogP contribution in [0.3, 0.4) is 0 Å². The van der Waals surface area contributed by atoms with Crippen molar-refractivity contribution in [1.82, 2.24) is 5.32 Å². The zero-order valence-electron chi connectivity index (χ0n) is 17.8. The van der Waals surface area contributed by atoms with Crippen LogP contribution in [0.1, 0.15) is 6.92 Å². The lowest BCUT2D eigenvalue weighted by Crippen LogP contribution is -2.30. The third kappa shape index (κ3) is 6.50.